The minimum absolute atomic E-state index is 0.00815. The van der Waals surface area contributed by atoms with Gasteiger partial charge in [0, 0.05) is 0 Å². The van der Waals surface area contributed by atoms with Gasteiger partial charge in [-0.1, -0.05) is 37.3 Å². The third kappa shape index (κ3) is 4.11. The molecular formula is C12H15FN2OS. The molecule has 0 fully saturated rings. The fourth-order valence-electron chi connectivity index (χ4n) is 1.43. The van der Waals surface area contributed by atoms with Gasteiger partial charge < -0.3 is 11.1 Å². The first kappa shape index (κ1) is 13.6. The highest BCUT2D eigenvalue weighted by atomic mass is 32.1. The van der Waals surface area contributed by atoms with Crippen LogP contribution in [0, 0.1) is 5.82 Å². The Labute approximate surface area is 105 Å². The van der Waals surface area contributed by atoms with E-state index in [4.69, 9.17) is 18.0 Å². The van der Waals surface area contributed by atoms with Crippen LogP contribution in [-0.2, 0) is 11.2 Å². The molecule has 0 spiro atoms. The Morgan fingerprint density at radius 2 is 2.18 bits per heavy atom. The van der Waals surface area contributed by atoms with Crippen LogP contribution in [0.1, 0.15) is 18.9 Å². The second-order valence-corrected chi connectivity index (χ2v) is 4.17. The second-order valence-electron chi connectivity index (χ2n) is 3.70. The zero-order valence-electron chi connectivity index (χ0n) is 9.57. The predicted molar refractivity (Wildman–Crippen MR) is 69.1 cm³/mol. The van der Waals surface area contributed by atoms with Crippen molar-refractivity contribution >= 4 is 23.1 Å². The van der Waals surface area contributed by atoms with Gasteiger partial charge in [0.2, 0.25) is 5.91 Å². The number of benzene rings is 1. The van der Waals surface area contributed by atoms with E-state index < -0.39 is 0 Å². The minimum atomic E-state index is -0.383. The minimum Gasteiger partial charge on any atom is -0.392 e. The van der Waals surface area contributed by atoms with E-state index in [9.17, 15) is 9.18 Å². The number of amides is 1. The van der Waals surface area contributed by atoms with Crippen LogP contribution in [0.15, 0.2) is 24.3 Å². The van der Waals surface area contributed by atoms with Crippen molar-refractivity contribution in [2.45, 2.75) is 25.8 Å². The van der Waals surface area contributed by atoms with Crippen molar-refractivity contribution in [2.75, 3.05) is 0 Å². The lowest BCUT2D eigenvalue weighted by molar-refractivity contribution is -0.120. The van der Waals surface area contributed by atoms with Gasteiger partial charge >= 0.3 is 0 Å². The molecule has 1 unspecified atom stereocenters. The summed E-state index contributed by atoms with van der Waals surface area (Å²) in [4.78, 5) is 11.9. The summed E-state index contributed by atoms with van der Waals surface area (Å²) in [6.07, 6.45) is 0.615. The molecule has 0 aliphatic carbocycles. The number of hydrogen-bond acceptors (Lipinski definition) is 2. The normalized spacial score (nSPS) is 11.9. The monoisotopic (exact) mass is 254 g/mol. The molecule has 3 nitrogen and oxygen atoms in total. The van der Waals surface area contributed by atoms with E-state index in [1.54, 1.807) is 18.2 Å². The number of rotatable bonds is 5. The summed E-state index contributed by atoms with van der Waals surface area (Å²) in [6.45, 7) is 1.87. The van der Waals surface area contributed by atoms with Crippen LogP contribution < -0.4 is 11.1 Å². The maximum atomic E-state index is 13.3. The summed E-state index contributed by atoms with van der Waals surface area (Å²) in [7, 11) is 0. The molecule has 0 saturated carbocycles. The van der Waals surface area contributed by atoms with E-state index in [0.29, 0.717) is 12.0 Å². The fraction of sp³-hybridized carbons (Fsp3) is 0.333. The predicted octanol–water partition coefficient (Wildman–Crippen LogP) is 1.55. The van der Waals surface area contributed by atoms with Crippen LogP contribution in [0.3, 0.4) is 0 Å². The van der Waals surface area contributed by atoms with E-state index >= 15 is 0 Å². The van der Waals surface area contributed by atoms with E-state index in [2.05, 4.69) is 5.32 Å². The number of nitrogens with two attached hydrogens (primary N) is 1. The van der Waals surface area contributed by atoms with Crippen molar-refractivity contribution in [3.8, 4) is 0 Å². The van der Waals surface area contributed by atoms with Gasteiger partial charge in [-0.2, -0.15) is 0 Å². The van der Waals surface area contributed by atoms with E-state index in [0.717, 1.165) is 0 Å². The van der Waals surface area contributed by atoms with Crippen molar-refractivity contribution in [1.82, 2.24) is 5.32 Å². The molecule has 1 aromatic carbocycles. The zero-order valence-corrected chi connectivity index (χ0v) is 10.4. The van der Waals surface area contributed by atoms with Crippen LogP contribution in [0.2, 0.25) is 0 Å². The van der Waals surface area contributed by atoms with Gasteiger partial charge in [0.25, 0.3) is 0 Å². The molecule has 0 radical (unpaired) electrons. The van der Waals surface area contributed by atoms with E-state index in [1.807, 2.05) is 6.92 Å². The summed E-state index contributed by atoms with van der Waals surface area (Å²) < 4.78 is 13.3. The van der Waals surface area contributed by atoms with Crippen LogP contribution in [0.4, 0.5) is 4.39 Å². The molecule has 92 valence electrons. The number of hydrogen-bond donors (Lipinski definition) is 2. The van der Waals surface area contributed by atoms with Gasteiger partial charge in [-0.25, -0.2) is 4.39 Å². The molecule has 1 aromatic rings. The molecule has 0 bridgehead atoms. The van der Waals surface area contributed by atoms with Crippen molar-refractivity contribution < 1.29 is 9.18 Å². The summed E-state index contributed by atoms with van der Waals surface area (Å²) in [6, 6.07) is 5.85. The Morgan fingerprint density at radius 1 is 1.53 bits per heavy atom. The quantitative estimate of drug-likeness (QED) is 0.784. The summed E-state index contributed by atoms with van der Waals surface area (Å²) >= 11 is 4.81. The highest BCUT2D eigenvalue weighted by Gasteiger charge is 2.14. The van der Waals surface area contributed by atoms with Gasteiger partial charge in [-0.3, -0.25) is 4.79 Å². The molecule has 3 N–H and O–H groups in total. The number of thiocarbonyl (C=S) groups is 1. The average Bonchev–Trinajstić information content (AvgIpc) is 2.28. The Bertz CT molecular complexity index is 423. The Kier molecular flexibility index (Phi) is 5.03. The van der Waals surface area contributed by atoms with Gasteiger partial charge in [0.1, 0.15) is 5.82 Å². The third-order valence-electron chi connectivity index (χ3n) is 2.40. The van der Waals surface area contributed by atoms with Crippen molar-refractivity contribution in [2.24, 2.45) is 5.73 Å². The van der Waals surface area contributed by atoms with Crippen LogP contribution in [0.5, 0.6) is 0 Å². The molecular weight excluding hydrogens is 239 g/mol. The highest BCUT2D eigenvalue weighted by Crippen LogP contribution is 2.07. The lowest BCUT2D eigenvalue weighted by atomic mass is 10.1. The molecule has 17 heavy (non-hydrogen) atoms. The number of halogens is 1. The number of carbonyl (C=O) groups is 1. The zero-order chi connectivity index (χ0) is 12.8. The second kappa shape index (κ2) is 6.30. The van der Waals surface area contributed by atoms with Gasteiger partial charge in [0.05, 0.1) is 17.5 Å². The first-order chi connectivity index (χ1) is 8.04. The van der Waals surface area contributed by atoms with E-state index in [1.165, 1.54) is 6.07 Å². The number of carbonyl (C=O) groups excluding carboxylic acids is 1. The van der Waals surface area contributed by atoms with Gasteiger partial charge in [-0.05, 0) is 18.1 Å². The Morgan fingerprint density at radius 3 is 2.71 bits per heavy atom. The van der Waals surface area contributed by atoms with Crippen LogP contribution in [0.25, 0.3) is 0 Å². The molecule has 5 heteroatoms. The molecule has 1 amide bonds. The van der Waals surface area contributed by atoms with Crippen LogP contribution in [-0.4, -0.2) is 16.9 Å². The fourth-order valence-corrected chi connectivity index (χ4v) is 1.66. The lowest BCUT2D eigenvalue weighted by Crippen LogP contribution is -2.43. The van der Waals surface area contributed by atoms with Gasteiger partial charge in [0.15, 0.2) is 0 Å². The number of nitrogens with one attached hydrogen (secondary N) is 1. The first-order valence-electron chi connectivity index (χ1n) is 5.36. The van der Waals surface area contributed by atoms with Crippen molar-refractivity contribution in [3.05, 3.63) is 35.6 Å². The molecule has 0 aromatic heterocycles. The van der Waals surface area contributed by atoms with Crippen molar-refractivity contribution in [1.29, 1.82) is 0 Å². The standard InChI is InChI=1S/C12H15FN2OS/c1-2-10(12(14)17)15-11(16)7-8-5-3-4-6-9(8)13/h3-6,10H,2,7H2,1H3,(H2,14,17)(H,15,16). The Hall–Kier alpha value is -1.49. The largest absolute Gasteiger partial charge is 0.392 e. The molecule has 0 aliphatic heterocycles. The van der Waals surface area contributed by atoms with E-state index in [-0.39, 0.29) is 29.2 Å². The molecule has 1 atom stereocenters. The average molecular weight is 254 g/mol. The lowest BCUT2D eigenvalue weighted by Gasteiger charge is -2.15. The molecule has 1 rings (SSSR count). The van der Waals surface area contributed by atoms with Crippen molar-refractivity contribution in [3.63, 3.8) is 0 Å². The molecule has 0 heterocycles. The van der Waals surface area contributed by atoms with Gasteiger partial charge in [-0.15, -0.1) is 0 Å². The summed E-state index contributed by atoms with van der Waals surface area (Å²) in [5.74, 6) is -0.666. The maximum absolute atomic E-state index is 13.3. The Balaban J connectivity index is 2.61. The first-order valence-corrected chi connectivity index (χ1v) is 5.77. The summed E-state index contributed by atoms with van der Waals surface area (Å²) in [5, 5.41) is 2.67. The summed E-state index contributed by atoms with van der Waals surface area (Å²) in [5.41, 5.74) is 5.83. The smallest absolute Gasteiger partial charge is 0.225 e. The topological polar surface area (TPSA) is 55.1 Å². The highest BCUT2D eigenvalue weighted by molar-refractivity contribution is 7.80. The maximum Gasteiger partial charge on any atom is 0.225 e. The third-order valence-corrected chi connectivity index (χ3v) is 2.68. The molecule has 0 saturated heterocycles. The molecule has 0 aliphatic rings. The van der Waals surface area contributed by atoms with Crippen LogP contribution >= 0.6 is 12.2 Å². The SMILES string of the molecule is CCC(NC(=O)Cc1ccccc1F)C(N)=S.